The summed E-state index contributed by atoms with van der Waals surface area (Å²) in [5.41, 5.74) is 0.677. The maximum atomic E-state index is 9.86. The molecule has 0 atom stereocenters. The highest BCUT2D eigenvalue weighted by Crippen LogP contribution is 2.40. The monoisotopic (exact) mass is 253 g/mol. The van der Waals surface area contributed by atoms with Crippen LogP contribution in [-0.4, -0.2) is 36.2 Å². The highest BCUT2D eigenvalue weighted by Gasteiger charge is 2.37. The van der Waals surface area contributed by atoms with Gasteiger partial charge in [0.05, 0.1) is 0 Å². The zero-order valence-corrected chi connectivity index (χ0v) is 12.5. The molecule has 2 rings (SSSR count). The Morgan fingerprint density at radius 3 is 2.39 bits per heavy atom. The number of likely N-dealkylation sites (tertiary alicyclic amines) is 1. The van der Waals surface area contributed by atoms with Crippen LogP contribution in [0, 0.1) is 16.7 Å². The molecular formula is C16H31NO. The number of hydrogen-bond donors (Lipinski definition) is 1. The summed E-state index contributed by atoms with van der Waals surface area (Å²) in [5.74, 6) is 0.863. The van der Waals surface area contributed by atoms with Gasteiger partial charge < -0.3 is 10.0 Å². The van der Waals surface area contributed by atoms with Gasteiger partial charge in [0.2, 0.25) is 0 Å². The van der Waals surface area contributed by atoms with Crippen LogP contribution in [0.1, 0.15) is 59.3 Å². The molecule has 1 N–H and O–H groups in total. The van der Waals surface area contributed by atoms with Crippen LogP contribution in [-0.2, 0) is 0 Å². The van der Waals surface area contributed by atoms with E-state index in [2.05, 4.69) is 25.7 Å². The second kappa shape index (κ2) is 5.50. The zero-order chi connectivity index (χ0) is 13.2. The molecule has 1 saturated heterocycles. The Hall–Kier alpha value is -0.0800. The lowest BCUT2D eigenvalue weighted by molar-refractivity contribution is 0.00504. The fourth-order valence-corrected chi connectivity index (χ4v) is 3.89. The van der Waals surface area contributed by atoms with Crippen LogP contribution in [0.5, 0.6) is 0 Å². The number of piperidine rings is 1. The minimum Gasteiger partial charge on any atom is -0.396 e. The van der Waals surface area contributed by atoms with Gasteiger partial charge in [-0.05, 0) is 43.6 Å². The third-order valence-electron chi connectivity index (χ3n) is 5.21. The first-order chi connectivity index (χ1) is 8.45. The van der Waals surface area contributed by atoms with Gasteiger partial charge in [0.1, 0.15) is 0 Å². The Balaban J connectivity index is 1.93. The van der Waals surface area contributed by atoms with Gasteiger partial charge >= 0.3 is 0 Å². The lowest BCUT2D eigenvalue weighted by Gasteiger charge is -2.45. The highest BCUT2D eigenvalue weighted by molar-refractivity contribution is 4.90. The molecule has 1 saturated carbocycles. The SMILES string of the molecule is CC1CCC(CO)(CN2CCCC(C)(C)C2)CC1. The van der Waals surface area contributed by atoms with Crippen molar-refractivity contribution in [1.82, 2.24) is 4.90 Å². The maximum Gasteiger partial charge on any atom is 0.0499 e. The predicted molar refractivity (Wildman–Crippen MR) is 76.6 cm³/mol. The van der Waals surface area contributed by atoms with Gasteiger partial charge in [-0.25, -0.2) is 0 Å². The van der Waals surface area contributed by atoms with Crippen molar-refractivity contribution in [1.29, 1.82) is 0 Å². The van der Waals surface area contributed by atoms with Crippen LogP contribution < -0.4 is 0 Å². The average molecular weight is 253 g/mol. The fraction of sp³-hybridized carbons (Fsp3) is 1.00. The Kier molecular flexibility index (Phi) is 4.38. The predicted octanol–water partition coefficient (Wildman–Crippen LogP) is 3.30. The van der Waals surface area contributed by atoms with E-state index in [0.717, 1.165) is 12.5 Å². The number of aliphatic hydroxyl groups excluding tert-OH is 1. The molecule has 106 valence electrons. The van der Waals surface area contributed by atoms with Crippen molar-refractivity contribution in [2.45, 2.75) is 59.3 Å². The summed E-state index contributed by atoms with van der Waals surface area (Å²) in [5, 5.41) is 9.86. The van der Waals surface area contributed by atoms with Gasteiger partial charge in [-0.2, -0.15) is 0 Å². The third kappa shape index (κ3) is 3.48. The van der Waals surface area contributed by atoms with Crippen molar-refractivity contribution < 1.29 is 5.11 Å². The van der Waals surface area contributed by atoms with E-state index >= 15 is 0 Å². The van der Waals surface area contributed by atoms with E-state index in [4.69, 9.17) is 0 Å². The minimum absolute atomic E-state index is 0.208. The number of nitrogens with zero attached hydrogens (tertiary/aromatic N) is 1. The summed E-state index contributed by atoms with van der Waals surface area (Å²) in [7, 11) is 0. The average Bonchev–Trinajstić information content (AvgIpc) is 2.31. The summed E-state index contributed by atoms with van der Waals surface area (Å²) in [4.78, 5) is 2.62. The molecule has 0 spiro atoms. The summed E-state index contributed by atoms with van der Waals surface area (Å²) in [6, 6.07) is 0. The first-order valence-corrected chi connectivity index (χ1v) is 7.78. The number of hydrogen-bond acceptors (Lipinski definition) is 2. The Morgan fingerprint density at radius 2 is 1.83 bits per heavy atom. The highest BCUT2D eigenvalue weighted by atomic mass is 16.3. The van der Waals surface area contributed by atoms with Crippen LogP contribution in [0.25, 0.3) is 0 Å². The quantitative estimate of drug-likeness (QED) is 0.834. The summed E-state index contributed by atoms with van der Waals surface area (Å²) < 4.78 is 0. The van der Waals surface area contributed by atoms with Crippen LogP contribution in [0.2, 0.25) is 0 Å². The lowest BCUT2D eigenvalue weighted by atomic mass is 9.70. The molecule has 1 aliphatic carbocycles. The lowest BCUT2D eigenvalue weighted by Crippen LogP contribution is -2.48. The molecule has 1 heterocycles. The minimum atomic E-state index is 0.208. The number of aliphatic hydroxyl groups is 1. The van der Waals surface area contributed by atoms with Gasteiger partial charge in [-0.1, -0.05) is 33.6 Å². The first-order valence-electron chi connectivity index (χ1n) is 7.78. The largest absolute Gasteiger partial charge is 0.396 e. The second-order valence-electron chi connectivity index (χ2n) is 7.82. The molecule has 0 radical (unpaired) electrons. The molecule has 18 heavy (non-hydrogen) atoms. The maximum absolute atomic E-state index is 9.86. The van der Waals surface area contributed by atoms with Crippen LogP contribution in [0.3, 0.4) is 0 Å². The molecule has 0 aromatic heterocycles. The molecule has 2 heteroatoms. The summed E-state index contributed by atoms with van der Waals surface area (Å²) in [6.45, 7) is 11.1. The molecule has 1 aliphatic heterocycles. The first kappa shape index (κ1) is 14.3. The standard InChI is InChI=1S/C16H31NO/c1-14-5-8-16(13-18,9-6-14)12-17-10-4-7-15(2,3)11-17/h14,18H,4-13H2,1-3H3. The van der Waals surface area contributed by atoms with Crippen molar-refractivity contribution in [3.8, 4) is 0 Å². The Labute approximate surface area is 113 Å². The third-order valence-corrected chi connectivity index (χ3v) is 5.21. The molecule has 2 fully saturated rings. The molecular weight excluding hydrogens is 222 g/mol. The molecule has 0 aromatic rings. The van der Waals surface area contributed by atoms with Crippen molar-refractivity contribution in [3.63, 3.8) is 0 Å². The van der Waals surface area contributed by atoms with Gasteiger partial charge in [-0.15, -0.1) is 0 Å². The smallest absolute Gasteiger partial charge is 0.0499 e. The van der Waals surface area contributed by atoms with Crippen LogP contribution >= 0.6 is 0 Å². The van der Waals surface area contributed by atoms with Gasteiger partial charge in [0.15, 0.2) is 0 Å². The van der Waals surface area contributed by atoms with E-state index in [9.17, 15) is 5.11 Å². The van der Waals surface area contributed by atoms with E-state index in [0.29, 0.717) is 12.0 Å². The van der Waals surface area contributed by atoms with Gasteiger partial charge in [0.25, 0.3) is 0 Å². The molecule has 0 amide bonds. The van der Waals surface area contributed by atoms with Crippen molar-refractivity contribution >= 4 is 0 Å². The van der Waals surface area contributed by atoms with Crippen LogP contribution in [0.15, 0.2) is 0 Å². The van der Waals surface area contributed by atoms with Gasteiger partial charge in [-0.3, -0.25) is 0 Å². The van der Waals surface area contributed by atoms with E-state index in [1.54, 1.807) is 0 Å². The van der Waals surface area contributed by atoms with Crippen molar-refractivity contribution in [3.05, 3.63) is 0 Å². The Bertz CT molecular complexity index is 266. The summed E-state index contributed by atoms with van der Waals surface area (Å²) in [6.07, 6.45) is 7.73. The topological polar surface area (TPSA) is 23.5 Å². The van der Waals surface area contributed by atoms with Crippen molar-refractivity contribution in [2.75, 3.05) is 26.2 Å². The van der Waals surface area contributed by atoms with E-state index in [1.807, 2.05) is 0 Å². The van der Waals surface area contributed by atoms with Gasteiger partial charge in [0, 0.05) is 25.1 Å². The normalized spacial score (nSPS) is 37.7. The Morgan fingerprint density at radius 1 is 1.17 bits per heavy atom. The van der Waals surface area contributed by atoms with E-state index < -0.39 is 0 Å². The molecule has 0 unspecified atom stereocenters. The van der Waals surface area contributed by atoms with Crippen LogP contribution in [0.4, 0.5) is 0 Å². The second-order valence-corrected chi connectivity index (χ2v) is 7.82. The number of rotatable bonds is 3. The van der Waals surface area contributed by atoms with E-state index in [1.165, 1.54) is 51.6 Å². The summed E-state index contributed by atoms with van der Waals surface area (Å²) >= 11 is 0. The molecule has 2 aliphatic rings. The molecule has 0 bridgehead atoms. The fourth-order valence-electron chi connectivity index (χ4n) is 3.89. The zero-order valence-electron chi connectivity index (χ0n) is 12.5. The van der Waals surface area contributed by atoms with E-state index in [-0.39, 0.29) is 5.41 Å². The van der Waals surface area contributed by atoms with Crippen molar-refractivity contribution in [2.24, 2.45) is 16.7 Å². The molecule has 0 aromatic carbocycles. The molecule has 2 nitrogen and oxygen atoms in total.